The van der Waals surface area contributed by atoms with Crippen LogP contribution in [0.1, 0.15) is 26.7 Å². The van der Waals surface area contributed by atoms with Crippen LogP contribution in [0.15, 0.2) is 35.0 Å². The Kier molecular flexibility index (Phi) is 3.09. The molecule has 0 bridgehead atoms. The molecule has 0 fully saturated rings. The van der Waals surface area contributed by atoms with Crippen LogP contribution in [0, 0.1) is 6.92 Å². The molecular weight excluding hydrogens is 236 g/mol. The van der Waals surface area contributed by atoms with Gasteiger partial charge in [-0.2, -0.15) is 0 Å². The first kappa shape index (κ1) is 11.8. The average Bonchev–Trinajstić information content (AvgIpc) is 2.78. The normalized spacial score (nSPS) is 10.1. The molecule has 2 rings (SSSR count). The van der Waals surface area contributed by atoms with Crippen molar-refractivity contribution in [3.8, 4) is 0 Å². The molecule has 0 radical (unpaired) electrons. The molecule has 92 valence electrons. The highest BCUT2D eigenvalue weighted by molar-refractivity contribution is 6.02. The van der Waals surface area contributed by atoms with Crippen LogP contribution in [0.3, 0.4) is 0 Å². The van der Waals surface area contributed by atoms with E-state index < -0.39 is 11.9 Å². The topological polar surface area (TPSA) is 92.4 Å². The largest absolute Gasteiger partial charge is 0.475 e. The van der Waals surface area contributed by atoms with Crippen molar-refractivity contribution in [2.75, 3.05) is 5.32 Å². The van der Waals surface area contributed by atoms with Crippen LogP contribution in [0.4, 0.5) is 5.69 Å². The molecule has 0 aromatic carbocycles. The quantitative estimate of drug-likeness (QED) is 0.863. The third-order valence-electron chi connectivity index (χ3n) is 2.17. The predicted molar refractivity (Wildman–Crippen MR) is 62.6 cm³/mol. The van der Waals surface area contributed by atoms with Crippen molar-refractivity contribution in [2.24, 2.45) is 0 Å². The SMILES string of the molecule is Cc1cncc(NC(=O)c2ccc(C(=O)O)o2)c1. The fourth-order valence-corrected chi connectivity index (χ4v) is 1.39. The van der Waals surface area contributed by atoms with E-state index in [2.05, 4.69) is 10.3 Å². The van der Waals surface area contributed by atoms with E-state index in [1.807, 2.05) is 6.92 Å². The first-order chi connectivity index (χ1) is 8.56. The van der Waals surface area contributed by atoms with Crippen molar-refractivity contribution < 1.29 is 19.1 Å². The van der Waals surface area contributed by atoms with Gasteiger partial charge in [0.05, 0.1) is 11.9 Å². The summed E-state index contributed by atoms with van der Waals surface area (Å²) in [7, 11) is 0. The Morgan fingerprint density at radius 1 is 1.28 bits per heavy atom. The van der Waals surface area contributed by atoms with Crippen LogP contribution in [0.5, 0.6) is 0 Å². The first-order valence-corrected chi connectivity index (χ1v) is 5.12. The molecular formula is C12H10N2O4. The third-order valence-corrected chi connectivity index (χ3v) is 2.17. The average molecular weight is 246 g/mol. The lowest BCUT2D eigenvalue weighted by atomic mass is 10.3. The van der Waals surface area contributed by atoms with Crippen molar-refractivity contribution in [3.63, 3.8) is 0 Å². The van der Waals surface area contributed by atoms with Crippen LogP contribution in [0.2, 0.25) is 0 Å². The van der Waals surface area contributed by atoms with Crippen molar-refractivity contribution in [3.05, 3.63) is 47.7 Å². The van der Waals surface area contributed by atoms with Crippen molar-refractivity contribution in [1.82, 2.24) is 4.98 Å². The summed E-state index contributed by atoms with van der Waals surface area (Å²) < 4.78 is 4.88. The number of aryl methyl sites for hydroxylation is 1. The summed E-state index contributed by atoms with van der Waals surface area (Å²) in [6, 6.07) is 4.28. The van der Waals surface area contributed by atoms with E-state index in [1.165, 1.54) is 18.3 Å². The number of rotatable bonds is 3. The summed E-state index contributed by atoms with van der Waals surface area (Å²) in [4.78, 5) is 26.3. The molecule has 2 N–H and O–H groups in total. The molecule has 0 spiro atoms. The Morgan fingerprint density at radius 2 is 2.00 bits per heavy atom. The van der Waals surface area contributed by atoms with Crippen molar-refractivity contribution in [2.45, 2.75) is 6.92 Å². The van der Waals surface area contributed by atoms with Crippen LogP contribution >= 0.6 is 0 Å². The second kappa shape index (κ2) is 4.70. The number of hydrogen-bond acceptors (Lipinski definition) is 4. The van der Waals surface area contributed by atoms with Crippen LogP contribution in [-0.2, 0) is 0 Å². The molecule has 0 atom stereocenters. The summed E-state index contributed by atoms with van der Waals surface area (Å²) in [6.45, 7) is 1.85. The molecule has 18 heavy (non-hydrogen) atoms. The van der Waals surface area contributed by atoms with Crippen LogP contribution < -0.4 is 5.32 Å². The zero-order valence-electron chi connectivity index (χ0n) is 9.51. The third kappa shape index (κ3) is 2.54. The van der Waals surface area contributed by atoms with Gasteiger partial charge in [-0.1, -0.05) is 0 Å². The minimum absolute atomic E-state index is 0.0612. The zero-order valence-corrected chi connectivity index (χ0v) is 9.51. The van der Waals surface area contributed by atoms with Crippen molar-refractivity contribution >= 4 is 17.6 Å². The molecule has 0 unspecified atom stereocenters. The number of furan rings is 1. The Labute approximate surface area is 102 Å². The minimum Gasteiger partial charge on any atom is -0.475 e. The van der Waals surface area contributed by atoms with Crippen LogP contribution in [-0.4, -0.2) is 22.0 Å². The summed E-state index contributed by atoms with van der Waals surface area (Å²) in [5, 5.41) is 11.2. The zero-order chi connectivity index (χ0) is 13.1. The van der Waals surface area contributed by atoms with Gasteiger partial charge < -0.3 is 14.8 Å². The molecule has 0 saturated heterocycles. The number of aromatic nitrogens is 1. The van der Waals surface area contributed by atoms with Gasteiger partial charge in [-0.25, -0.2) is 4.79 Å². The lowest BCUT2D eigenvalue weighted by molar-refractivity contribution is 0.0660. The fourth-order valence-electron chi connectivity index (χ4n) is 1.39. The van der Waals surface area contributed by atoms with E-state index in [0.29, 0.717) is 5.69 Å². The summed E-state index contributed by atoms with van der Waals surface area (Å²) in [5.41, 5.74) is 1.42. The van der Waals surface area contributed by atoms with Gasteiger partial charge in [0, 0.05) is 6.20 Å². The molecule has 2 heterocycles. The van der Waals surface area contributed by atoms with Crippen LogP contribution in [0.25, 0.3) is 0 Å². The summed E-state index contributed by atoms with van der Waals surface area (Å²) >= 11 is 0. The summed E-state index contributed by atoms with van der Waals surface area (Å²) in [5.74, 6) is -2.07. The second-order valence-corrected chi connectivity index (χ2v) is 3.67. The number of amides is 1. The molecule has 0 aliphatic carbocycles. The van der Waals surface area contributed by atoms with Gasteiger partial charge in [0.1, 0.15) is 0 Å². The first-order valence-electron chi connectivity index (χ1n) is 5.12. The number of carbonyl (C=O) groups is 2. The Bertz CT molecular complexity index is 604. The lowest BCUT2D eigenvalue weighted by Crippen LogP contribution is -2.11. The number of carboxylic acids is 1. The Morgan fingerprint density at radius 3 is 2.61 bits per heavy atom. The van der Waals surface area contributed by atoms with Gasteiger partial charge in [-0.3, -0.25) is 9.78 Å². The number of nitrogens with zero attached hydrogens (tertiary/aromatic N) is 1. The number of pyridine rings is 1. The van der Waals surface area contributed by atoms with E-state index in [-0.39, 0.29) is 11.5 Å². The van der Waals surface area contributed by atoms with E-state index in [4.69, 9.17) is 9.52 Å². The maximum absolute atomic E-state index is 11.7. The number of anilines is 1. The molecule has 6 heteroatoms. The molecule has 1 amide bonds. The van der Waals surface area contributed by atoms with Gasteiger partial charge in [-0.15, -0.1) is 0 Å². The number of aromatic carboxylic acids is 1. The molecule has 0 saturated carbocycles. The minimum atomic E-state index is -1.22. The predicted octanol–water partition coefficient (Wildman–Crippen LogP) is 1.93. The van der Waals surface area contributed by atoms with E-state index >= 15 is 0 Å². The number of nitrogens with one attached hydrogen (secondary N) is 1. The number of hydrogen-bond donors (Lipinski definition) is 2. The maximum Gasteiger partial charge on any atom is 0.371 e. The highest BCUT2D eigenvalue weighted by Crippen LogP contribution is 2.12. The fraction of sp³-hybridized carbons (Fsp3) is 0.0833. The standard InChI is InChI=1S/C12H10N2O4/c1-7-4-8(6-13-5-7)14-11(15)9-2-3-10(18-9)12(16)17/h2-6H,1H3,(H,14,15)(H,16,17). The van der Waals surface area contributed by atoms with Gasteiger partial charge in [0.2, 0.25) is 5.76 Å². The molecule has 6 nitrogen and oxygen atoms in total. The second-order valence-electron chi connectivity index (χ2n) is 3.67. The molecule has 0 aliphatic rings. The van der Waals surface area contributed by atoms with E-state index in [1.54, 1.807) is 12.3 Å². The van der Waals surface area contributed by atoms with Crippen molar-refractivity contribution in [1.29, 1.82) is 0 Å². The summed E-state index contributed by atoms with van der Waals surface area (Å²) in [6.07, 6.45) is 3.15. The van der Waals surface area contributed by atoms with E-state index in [9.17, 15) is 9.59 Å². The van der Waals surface area contributed by atoms with Gasteiger partial charge in [0.25, 0.3) is 5.91 Å². The van der Waals surface area contributed by atoms with Gasteiger partial charge >= 0.3 is 5.97 Å². The molecule has 0 aliphatic heterocycles. The maximum atomic E-state index is 11.7. The monoisotopic (exact) mass is 246 g/mol. The smallest absolute Gasteiger partial charge is 0.371 e. The highest BCUT2D eigenvalue weighted by Gasteiger charge is 2.14. The highest BCUT2D eigenvalue weighted by atomic mass is 16.4. The number of carbonyl (C=O) groups excluding carboxylic acids is 1. The van der Waals surface area contributed by atoms with Gasteiger partial charge in [0.15, 0.2) is 5.76 Å². The molecule has 2 aromatic rings. The lowest BCUT2D eigenvalue weighted by Gasteiger charge is -2.02. The Hall–Kier alpha value is -2.63. The van der Waals surface area contributed by atoms with E-state index in [0.717, 1.165) is 5.56 Å². The Balaban J connectivity index is 2.14. The van der Waals surface area contributed by atoms with Gasteiger partial charge in [-0.05, 0) is 30.7 Å². The number of carboxylic acid groups (broad SMARTS) is 1. The molecule has 2 aromatic heterocycles.